The van der Waals surface area contributed by atoms with Crippen molar-refractivity contribution < 1.29 is 18.3 Å². The zero-order valence-corrected chi connectivity index (χ0v) is 13.3. The van der Waals surface area contributed by atoms with E-state index in [9.17, 15) is 13.6 Å². The first-order valence-electron chi connectivity index (χ1n) is 7.40. The van der Waals surface area contributed by atoms with E-state index in [1.165, 1.54) is 6.07 Å². The molecule has 2 rings (SSSR count). The van der Waals surface area contributed by atoms with Crippen LogP contribution in [0.15, 0.2) is 36.4 Å². The summed E-state index contributed by atoms with van der Waals surface area (Å²) in [6.45, 7) is 5.74. The lowest BCUT2D eigenvalue weighted by atomic mass is 10.1. The van der Waals surface area contributed by atoms with Crippen LogP contribution >= 0.6 is 0 Å². The molecule has 2 aromatic carbocycles. The number of hydrogen-bond acceptors (Lipinski definition) is 2. The first-order valence-corrected chi connectivity index (χ1v) is 7.40. The van der Waals surface area contributed by atoms with Crippen molar-refractivity contribution >= 4 is 11.6 Å². The molecule has 0 unspecified atom stereocenters. The molecule has 0 fully saturated rings. The number of carbonyl (C=O) groups is 1. The van der Waals surface area contributed by atoms with E-state index >= 15 is 0 Å². The number of hydrogen-bond donors (Lipinski definition) is 1. The fraction of sp³-hybridized carbons (Fsp3) is 0.278. The highest BCUT2D eigenvalue weighted by Crippen LogP contribution is 2.20. The third-order valence-electron chi connectivity index (χ3n) is 3.61. The van der Waals surface area contributed by atoms with Crippen LogP contribution in [0.3, 0.4) is 0 Å². The van der Waals surface area contributed by atoms with Crippen molar-refractivity contribution in [3.8, 4) is 5.75 Å². The molecule has 0 aliphatic carbocycles. The highest BCUT2D eigenvalue weighted by Gasteiger charge is 2.20. The number of ether oxygens (including phenoxy) is 1. The molecule has 0 bridgehead atoms. The predicted molar refractivity (Wildman–Crippen MR) is 85.6 cm³/mol. The largest absolute Gasteiger partial charge is 0.481 e. The Balaban J connectivity index is 2.10. The van der Waals surface area contributed by atoms with Gasteiger partial charge in [0, 0.05) is 6.07 Å². The van der Waals surface area contributed by atoms with Crippen molar-refractivity contribution in [2.75, 3.05) is 5.32 Å². The fourth-order valence-corrected chi connectivity index (χ4v) is 2.08. The van der Waals surface area contributed by atoms with Crippen LogP contribution in [-0.2, 0) is 4.79 Å². The summed E-state index contributed by atoms with van der Waals surface area (Å²) < 4.78 is 32.2. The van der Waals surface area contributed by atoms with Gasteiger partial charge in [0.25, 0.3) is 5.91 Å². The van der Waals surface area contributed by atoms with Crippen molar-refractivity contribution in [2.45, 2.75) is 33.3 Å². The molecule has 0 heterocycles. The zero-order chi connectivity index (χ0) is 17.0. The summed E-state index contributed by atoms with van der Waals surface area (Å²) in [5, 5.41) is 2.43. The van der Waals surface area contributed by atoms with Crippen LogP contribution in [0.4, 0.5) is 14.5 Å². The van der Waals surface area contributed by atoms with Crippen LogP contribution in [0.25, 0.3) is 0 Å². The average Bonchev–Trinajstić information content (AvgIpc) is 2.51. The normalized spacial score (nSPS) is 11.9. The second-order valence-electron chi connectivity index (χ2n) is 5.37. The molecule has 2 aromatic rings. The molecule has 0 aliphatic rings. The Hall–Kier alpha value is -2.43. The number of amides is 1. The van der Waals surface area contributed by atoms with Gasteiger partial charge < -0.3 is 10.1 Å². The van der Waals surface area contributed by atoms with Gasteiger partial charge in [0.15, 0.2) is 6.10 Å². The van der Waals surface area contributed by atoms with Crippen molar-refractivity contribution in [2.24, 2.45) is 0 Å². The minimum atomic E-state index is -0.820. The first kappa shape index (κ1) is 16.9. The average molecular weight is 319 g/mol. The fourth-order valence-electron chi connectivity index (χ4n) is 2.08. The van der Waals surface area contributed by atoms with Crippen LogP contribution < -0.4 is 10.1 Å². The smallest absolute Gasteiger partial charge is 0.265 e. The molecule has 23 heavy (non-hydrogen) atoms. The van der Waals surface area contributed by atoms with Gasteiger partial charge in [0.05, 0.1) is 5.69 Å². The summed E-state index contributed by atoms with van der Waals surface area (Å²) in [6.07, 6.45) is -0.344. The number of halogens is 2. The number of benzene rings is 2. The Morgan fingerprint density at radius 3 is 2.48 bits per heavy atom. The van der Waals surface area contributed by atoms with Gasteiger partial charge in [-0.1, -0.05) is 13.0 Å². The lowest BCUT2D eigenvalue weighted by Crippen LogP contribution is -2.32. The second-order valence-corrected chi connectivity index (χ2v) is 5.37. The predicted octanol–water partition coefficient (Wildman–Crippen LogP) is 4.38. The number of nitrogens with one attached hydrogen (secondary N) is 1. The maximum Gasteiger partial charge on any atom is 0.265 e. The number of anilines is 1. The monoisotopic (exact) mass is 319 g/mol. The lowest BCUT2D eigenvalue weighted by Gasteiger charge is -2.18. The van der Waals surface area contributed by atoms with E-state index in [1.54, 1.807) is 13.0 Å². The Morgan fingerprint density at radius 2 is 1.87 bits per heavy atom. The zero-order valence-electron chi connectivity index (χ0n) is 13.3. The Kier molecular flexibility index (Phi) is 5.32. The summed E-state index contributed by atoms with van der Waals surface area (Å²) in [4.78, 5) is 12.2. The number of aryl methyl sites for hydroxylation is 2. The van der Waals surface area contributed by atoms with E-state index in [0.29, 0.717) is 12.2 Å². The van der Waals surface area contributed by atoms with Gasteiger partial charge in [-0.15, -0.1) is 0 Å². The molecule has 122 valence electrons. The van der Waals surface area contributed by atoms with Crippen molar-refractivity contribution in [1.29, 1.82) is 0 Å². The molecule has 0 aromatic heterocycles. The van der Waals surface area contributed by atoms with Crippen molar-refractivity contribution in [1.82, 2.24) is 0 Å². The molecule has 5 heteroatoms. The quantitative estimate of drug-likeness (QED) is 0.888. The maximum absolute atomic E-state index is 13.6. The third-order valence-corrected chi connectivity index (χ3v) is 3.61. The van der Waals surface area contributed by atoms with Gasteiger partial charge in [0.1, 0.15) is 17.4 Å². The molecule has 0 spiro atoms. The molecule has 0 aliphatic heterocycles. The van der Waals surface area contributed by atoms with Crippen molar-refractivity contribution in [3.63, 3.8) is 0 Å². The van der Waals surface area contributed by atoms with Crippen LogP contribution in [0.5, 0.6) is 5.75 Å². The molecule has 0 saturated carbocycles. The first-order chi connectivity index (χ1) is 10.9. The molecule has 1 amide bonds. The summed E-state index contributed by atoms with van der Waals surface area (Å²) in [5.41, 5.74) is 2.11. The SMILES string of the molecule is CC[C@H](Oc1ccc(C)c(C)c1)C(=O)Nc1ccc(F)cc1F. The van der Waals surface area contributed by atoms with Gasteiger partial charge in [-0.05, 0) is 55.7 Å². The molecule has 0 saturated heterocycles. The second kappa shape index (κ2) is 7.22. The molecule has 3 nitrogen and oxygen atoms in total. The topological polar surface area (TPSA) is 38.3 Å². The third kappa shape index (κ3) is 4.28. The molecular formula is C18H19F2NO2. The van der Waals surface area contributed by atoms with E-state index in [1.807, 2.05) is 26.0 Å². The summed E-state index contributed by atoms with van der Waals surface area (Å²) in [6, 6.07) is 8.55. The van der Waals surface area contributed by atoms with Crippen LogP contribution in [0.2, 0.25) is 0 Å². The van der Waals surface area contributed by atoms with Crippen LogP contribution in [0, 0.1) is 25.5 Å². The van der Waals surface area contributed by atoms with E-state index in [2.05, 4.69) is 5.32 Å². The van der Waals surface area contributed by atoms with Gasteiger partial charge >= 0.3 is 0 Å². The Bertz CT molecular complexity index is 716. The van der Waals surface area contributed by atoms with Gasteiger partial charge in [-0.3, -0.25) is 4.79 Å². The molecule has 1 N–H and O–H groups in total. The summed E-state index contributed by atoms with van der Waals surface area (Å²) in [7, 11) is 0. The molecular weight excluding hydrogens is 300 g/mol. The molecule has 0 radical (unpaired) electrons. The van der Waals surface area contributed by atoms with Gasteiger partial charge in [0.2, 0.25) is 0 Å². The molecule has 1 atom stereocenters. The van der Waals surface area contributed by atoms with E-state index in [-0.39, 0.29) is 5.69 Å². The van der Waals surface area contributed by atoms with Crippen LogP contribution in [0.1, 0.15) is 24.5 Å². The summed E-state index contributed by atoms with van der Waals surface area (Å²) in [5.74, 6) is -1.41. The van der Waals surface area contributed by atoms with Crippen molar-refractivity contribution in [3.05, 3.63) is 59.2 Å². The minimum Gasteiger partial charge on any atom is -0.481 e. The number of rotatable bonds is 5. The van der Waals surface area contributed by atoms with Crippen LogP contribution in [-0.4, -0.2) is 12.0 Å². The Labute approximate surface area is 134 Å². The van der Waals surface area contributed by atoms with E-state index in [4.69, 9.17) is 4.74 Å². The van der Waals surface area contributed by atoms with Gasteiger partial charge in [-0.25, -0.2) is 8.78 Å². The highest BCUT2D eigenvalue weighted by atomic mass is 19.1. The Morgan fingerprint density at radius 1 is 1.13 bits per heavy atom. The van der Waals surface area contributed by atoms with E-state index in [0.717, 1.165) is 23.3 Å². The highest BCUT2D eigenvalue weighted by molar-refractivity contribution is 5.94. The lowest BCUT2D eigenvalue weighted by molar-refractivity contribution is -0.122. The van der Waals surface area contributed by atoms with E-state index < -0.39 is 23.6 Å². The standard InChI is InChI=1S/C18H19F2NO2/c1-4-17(23-14-7-5-11(2)12(3)9-14)18(22)21-16-8-6-13(19)10-15(16)20/h5-10,17H,4H2,1-3H3,(H,21,22)/t17-/m0/s1. The maximum atomic E-state index is 13.6. The number of carbonyl (C=O) groups excluding carboxylic acids is 1. The summed E-state index contributed by atoms with van der Waals surface area (Å²) >= 11 is 0. The van der Waals surface area contributed by atoms with Gasteiger partial charge in [-0.2, -0.15) is 0 Å². The minimum absolute atomic E-state index is 0.0708.